The zero-order valence-corrected chi connectivity index (χ0v) is 12.1. The van der Waals surface area contributed by atoms with Crippen molar-refractivity contribution in [1.82, 2.24) is 4.90 Å². The topological polar surface area (TPSA) is 80.5 Å². The summed E-state index contributed by atoms with van der Waals surface area (Å²) in [4.78, 5) is 13.7. The number of carbonyl (C=O) groups is 1. The minimum atomic E-state index is -3.29. The Bertz CT molecular complexity index is 379. The van der Waals surface area contributed by atoms with Crippen LogP contribution < -0.4 is 5.73 Å². The summed E-state index contributed by atoms with van der Waals surface area (Å²) in [6, 6.07) is 0.0144. The van der Waals surface area contributed by atoms with Crippen LogP contribution in [0.15, 0.2) is 0 Å². The van der Waals surface area contributed by atoms with Gasteiger partial charge in [-0.1, -0.05) is 13.8 Å². The number of carbonyl (C=O) groups excluding carboxylic acids is 1. The van der Waals surface area contributed by atoms with Crippen LogP contribution in [0.1, 0.15) is 33.1 Å². The van der Waals surface area contributed by atoms with Crippen molar-refractivity contribution in [1.29, 1.82) is 0 Å². The molecule has 0 saturated carbocycles. The van der Waals surface area contributed by atoms with E-state index < -0.39 is 9.84 Å². The smallest absolute Gasteiger partial charge is 0.238 e. The van der Waals surface area contributed by atoms with E-state index in [4.69, 9.17) is 5.73 Å². The number of likely N-dealkylation sites (tertiary alicyclic amines) is 1. The monoisotopic (exact) mass is 276 g/mol. The van der Waals surface area contributed by atoms with E-state index in [-0.39, 0.29) is 29.4 Å². The molecule has 0 aromatic heterocycles. The van der Waals surface area contributed by atoms with Crippen LogP contribution in [0.25, 0.3) is 0 Å². The zero-order valence-electron chi connectivity index (χ0n) is 11.3. The lowest BCUT2D eigenvalue weighted by molar-refractivity contribution is -0.131. The van der Waals surface area contributed by atoms with Crippen LogP contribution in [0, 0.1) is 5.92 Å². The quantitative estimate of drug-likeness (QED) is 0.788. The van der Waals surface area contributed by atoms with E-state index in [1.807, 2.05) is 13.8 Å². The molecule has 6 heteroatoms. The summed E-state index contributed by atoms with van der Waals surface area (Å²) in [5.74, 6) is -0.540. The minimum Gasteiger partial charge on any atom is -0.338 e. The Kier molecular flexibility index (Phi) is 5.59. The van der Waals surface area contributed by atoms with Gasteiger partial charge in [0.1, 0.15) is 5.75 Å². The number of hydrogen-bond acceptors (Lipinski definition) is 4. The number of nitrogens with two attached hydrogens (primary N) is 1. The van der Waals surface area contributed by atoms with E-state index in [0.29, 0.717) is 13.1 Å². The molecule has 1 rings (SSSR count). The largest absolute Gasteiger partial charge is 0.338 e. The van der Waals surface area contributed by atoms with Crippen molar-refractivity contribution in [3.63, 3.8) is 0 Å². The SMILES string of the molecule is CC(C)CS(=O)(=O)CC(=O)N1CCCCC1CN. The highest BCUT2D eigenvalue weighted by atomic mass is 32.2. The molecule has 1 fully saturated rings. The Morgan fingerprint density at radius 1 is 1.39 bits per heavy atom. The molecule has 1 aliphatic rings. The van der Waals surface area contributed by atoms with E-state index in [2.05, 4.69) is 0 Å². The van der Waals surface area contributed by atoms with Crippen molar-refractivity contribution in [2.75, 3.05) is 24.6 Å². The Morgan fingerprint density at radius 3 is 2.61 bits per heavy atom. The Labute approximate surface area is 110 Å². The third-order valence-corrected chi connectivity index (χ3v) is 5.01. The molecule has 1 aliphatic heterocycles. The van der Waals surface area contributed by atoms with Crippen molar-refractivity contribution < 1.29 is 13.2 Å². The molecule has 1 atom stereocenters. The molecule has 0 aromatic rings. The number of rotatable bonds is 5. The fraction of sp³-hybridized carbons (Fsp3) is 0.917. The Morgan fingerprint density at radius 2 is 2.06 bits per heavy atom. The molecule has 1 unspecified atom stereocenters. The van der Waals surface area contributed by atoms with Gasteiger partial charge in [0.2, 0.25) is 5.91 Å². The summed E-state index contributed by atoms with van der Waals surface area (Å²) >= 11 is 0. The molecule has 0 aliphatic carbocycles. The van der Waals surface area contributed by atoms with E-state index in [1.54, 1.807) is 4.90 Å². The molecule has 0 radical (unpaired) electrons. The van der Waals surface area contributed by atoms with Crippen molar-refractivity contribution in [3.05, 3.63) is 0 Å². The first kappa shape index (κ1) is 15.4. The Balaban J connectivity index is 2.63. The first-order valence-electron chi connectivity index (χ1n) is 6.55. The minimum absolute atomic E-state index is 0.0144. The maximum atomic E-state index is 12.1. The average molecular weight is 276 g/mol. The summed E-state index contributed by atoms with van der Waals surface area (Å²) in [5.41, 5.74) is 5.63. The molecule has 0 bridgehead atoms. The van der Waals surface area contributed by atoms with Gasteiger partial charge in [-0.2, -0.15) is 0 Å². The van der Waals surface area contributed by atoms with Gasteiger partial charge in [-0.05, 0) is 25.2 Å². The number of hydrogen-bond donors (Lipinski definition) is 1. The molecule has 0 spiro atoms. The Hall–Kier alpha value is -0.620. The second-order valence-corrected chi connectivity index (χ2v) is 7.53. The zero-order chi connectivity index (χ0) is 13.8. The molecule has 1 heterocycles. The van der Waals surface area contributed by atoms with Gasteiger partial charge in [-0.15, -0.1) is 0 Å². The highest BCUT2D eigenvalue weighted by molar-refractivity contribution is 7.92. The van der Waals surface area contributed by atoms with Gasteiger partial charge in [-0.3, -0.25) is 4.79 Å². The van der Waals surface area contributed by atoms with Crippen LogP contribution in [0.5, 0.6) is 0 Å². The first-order valence-corrected chi connectivity index (χ1v) is 8.38. The molecule has 106 valence electrons. The highest BCUT2D eigenvalue weighted by Crippen LogP contribution is 2.17. The van der Waals surface area contributed by atoms with Gasteiger partial charge < -0.3 is 10.6 Å². The summed E-state index contributed by atoms with van der Waals surface area (Å²) in [6.07, 6.45) is 2.88. The number of piperidine rings is 1. The lowest BCUT2D eigenvalue weighted by Gasteiger charge is -2.35. The maximum Gasteiger partial charge on any atom is 0.238 e. The number of nitrogens with zero attached hydrogens (tertiary/aromatic N) is 1. The fourth-order valence-corrected chi connectivity index (χ4v) is 4.09. The van der Waals surface area contributed by atoms with Crippen LogP contribution in [0.4, 0.5) is 0 Å². The van der Waals surface area contributed by atoms with Gasteiger partial charge >= 0.3 is 0 Å². The summed E-state index contributed by atoms with van der Waals surface area (Å²) < 4.78 is 23.6. The van der Waals surface area contributed by atoms with Crippen LogP contribution in [0.2, 0.25) is 0 Å². The molecular weight excluding hydrogens is 252 g/mol. The molecule has 2 N–H and O–H groups in total. The van der Waals surface area contributed by atoms with Gasteiger partial charge in [0.25, 0.3) is 0 Å². The standard InChI is InChI=1S/C12H24N2O3S/c1-10(2)8-18(16,17)9-12(15)14-6-4-3-5-11(14)7-13/h10-11H,3-9,13H2,1-2H3. The predicted molar refractivity (Wildman–Crippen MR) is 71.9 cm³/mol. The van der Waals surface area contributed by atoms with Crippen LogP contribution in [-0.2, 0) is 14.6 Å². The average Bonchev–Trinajstić information content (AvgIpc) is 2.26. The van der Waals surface area contributed by atoms with Crippen molar-refractivity contribution in [3.8, 4) is 0 Å². The molecule has 5 nitrogen and oxygen atoms in total. The predicted octanol–water partition coefficient (Wildman–Crippen LogP) is 0.397. The first-order chi connectivity index (χ1) is 8.35. The summed E-state index contributed by atoms with van der Waals surface area (Å²) in [5, 5.41) is 0. The highest BCUT2D eigenvalue weighted by Gasteiger charge is 2.28. The fourth-order valence-electron chi connectivity index (χ4n) is 2.41. The van der Waals surface area contributed by atoms with Gasteiger partial charge in [0.05, 0.1) is 5.75 Å². The lowest BCUT2D eigenvalue weighted by atomic mass is 10.0. The maximum absolute atomic E-state index is 12.1. The van der Waals surface area contributed by atoms with Crippen LogP contribution in [0.3, 0.4) is 0 Å². The van der Waals surface area contributed by atoms with E-state index >= 15 is 0 Å². The van der Waals surface area contributed by atoms with Crippen LogP contribution >= 0.6 is 0 Å². The molecule has 18 heavy (non-hydrogen) atoms. The second-order valence-electron chi connectivity index (χ2n) is 5.42. The van der Waals surface area contributed by atoms with E-state index in [1.165, 1.54) is 0 Å². The third-order valence-electron chi connectivity index (χ3n) is 3.15. The lowest BCUT2D eigenvalue weighted by Crippen LogP contribution is -2.49. The van der Waals surface area contributed by atoms with E-state index in [0.717, 1.165) is 19.3 Å². The molecule has 1 saturated heterocycles. The van der Waals surface area contributed by atoms with Crippen molar-refractivity contribution >= 4 is 15.7 Å². The number of sulfone groups is 1. The van der Waals surface area contributed by atoms with E-state index in [9.17, 15) is 13.2 Å². The summed E-state index contributed by atoms with van der Waals surface area (Å²) in [6.45, 7) is 4.73. The molecule has 0 aromatic carbocycles. The van der Waals surface area contributed by atoms with Gasteiger partial charge in [-0.25, -0.2) is 8.42 Å². The molecular formula is C12H24N2O3S. The summed E-state index contributed by atoms with van der Waals surface area (Å²) in [7, 11) is -3.29. The third kappa shape index (κ3) is 4.57. The van der Waals surface area contributed by atoms with Crippen molar-refractivity contribution in [2.24, 2.45) is 11.7 Å². The normalized spacial score (nSPS) is 21.3. The van der Waals surface area contributed by atoms with Gasteiger partial charge in [0.15, 0.2) is 9.84 Å². The van der Waals surface area contributed by atoms with Crippen molar-refractivity contribution in [2.45, 2.75) is 39.2 Å². The molecule has 1 amide bonds. The van der Waals surface area contributed by atoms with Gasteiger partial charge in [0, 0.05) is 19.1 Å². The van der Waals surface area contributed by atoms with Crippen LogP contribution in [-0.4, -0.2) is 49.9 Å². The second kappa shape index (κ2) is 6.52. The number of amides is 1.